The van der Waals surface area contributed by atoms with Crippen molar-refractivity contribution in [3.8, 4) is 5.75 Å². The molecule has 0 fully saturated rings. The number of hydrogen-bond acceptors (Lipinski definition) is 3. The molecule has 0 saturated carbocycles. The number of anilines is 1. The van der Waals surface area contributed by atoms with Crippen LogP contribution in [0.2, 0.25) is 5.02 Å². The Balaban J connectivity index is 1.84. The Morgan fingerprint density at radius 3 is 2.60 bits per heavy atom. The van der Waals surface area contributed by atoms with Crippen LogP contribution in [-0.2, 0) is 0 Å². The molecule has 4 nitrogen and oxygen atoms in total. The lowest BCUT2D eigenvalue weighted by Crippen LogP contribution is -2.29. The molecule has 0 aliphatic rings. The maximum Gasteiger partial charge on any atom is 0.255 e. The normalized spacial score (nSPS) is 10.1. The van der Waals surface area contributed by atoms with Gasteiger partial charge in [-0.2, -0.15) is 0 Å². The SMILES string of the molecule is Nc1cccc(Cl)c1C(=O)NCCOc1ccccc1. The van der Waals surface area contributed by atoms with Crippen LogP contribution in [-0.4, -0.2) is 19.1 Å². The summed E-state index contributed by atoms with van der Waals surface area (Å²) in [6, 6.07) is 14.4. The standard InChI is InChI=1S/C15H15ClN2O2/c16-12-7-4-8-13(17)14(12)15(19)18-9-10-20-11-5-2-1-3-6-11/h1-8H,9-10,17H2,(H,18,19). The van der Waals surface area contributed by atoms with Crippen molar-refractivity contribution in [1.82, 2.24) is 5.32 Å². The fraction of sp³-hybridized carbons (Fsp3) is 0.133. The van der Waals surface area contributed by atoms with Crippen LogP contribution < -0.4 is 15.8 Å². The first-order valence-electron chi connectivity index (χ1n) is 6.18. The van der Waals surface area contributed by atoms with E-state index in [1.807, 2.05) is 30.3 Å². The maximum atomic E-state index is 12.0. The zero-order chi connectivity index (χ0) is 14.4. The van der Waals surface area contributed by atoms with E-state index in [9.17, 15) is 4.79 Å². The Morgan fingerprint density at radius 2 is 1.90 bits per heavy atom. The summed E-state index contributed by atoms with van der Waals surface area (Å²) in [7, 11) is 0. The number of carbonyl (C=O) groups is 1. The number of nitrogens with two attached hydrogens (primary N) is 1. The van der Waals surface area contributed by atoms with Gasteiger partial charge in [-0.05, 0) is 24.3 Å². The minimum atomic E-state index is -0.301. The minimum absolute atomic E-state index is 0.300. The molecule has 0 heterocycles. The molecule has 2 aromatic rings. The lowest BCUT2D eigenvalue weighted by molar-refractivity contribution is 0.0948. The summed E-state index contributed by atoms with van der Waals surface area (Å²) < 4.78 is 5.47. The van der Waals surface area contributed by atoms with E-state index < -0.39 is 0 Å². The van der Waals surface area contributed by atoms with E-state index in [0.29, 0.717) is 29.4 Å². The summed E-state index contributed by atoms with van der Waals surface area (Å²) in [5, 5.41) is 3.06. The molecule has 3 N–H and O–H groups in total. The molecule has 104 valence electrons. The van der Waals surface area contributed by atoms with E-state index in [2.05, 4.69) is 5.32 Å². The van der Waals surface area contributed by atoms with Crippen LogP contribution in [0.25, 0.3) is 0 Å². The molecule has 0 bridgehead atoms. The van der Waals surface area contributed by atoms with Gasteiger partial charge in [0, 0.05) is 5.69 Å². The Kier molecular flexibility index (Phi) is 4.85. The average Bonchev–Trinajstić information content (AvgIpc) is 2.44. The lowest BCUT2D eigenvalue weighted by atomic mass is 10.1. The molecule has 0 aromatic heterocycles. The number of carbonyl (C=O) groups excluding carboxylic acids is 1. The zero-order valence-corrected chi connectivity index (χ0v) is 11.6. The molecule has 2 aromatic carbocycles. The van der Waals surface area contributed by atoms with Crippen LogP contribution in [0.15, 0.2) is 48.5 Å². The van der Waals surface area contributed by atoms with Crippen LogP contribution in [0, 0.1) is 0 Å². The highest BCUT2D eigenvalue weighted by Gasteiger charge is 2.12. The van der Waals surface area contributed by atoms with Gasteiger partial charge >= 0.3 is 0 Å². The van der Waals surface area contributed by atoms with Crippen molar-refractivity contribution in [1.29, 1.82) is 0 Å². The van der Waals surface area contributed by atoms with Crippen molar-refractivity contribution >= 4 is 23.2 Å². The van der Waals surface area contributed by atoms with Crippen molar-refractivity contribution < 1.29 is 9.53 Å². The van der Waals surface area contributed by atoms with Gasteiger partial charge in [0.15, 0.2) is 0 Å². The number of ether oxygens (including phenoxy) is 1. The largest absolute Gasteiger partial charge is 0.492 e. The molecule has 1 amide bonds. The van der Waals surface area contributed by atoms with Crippen molar-refractivity contribution in [2.75, 3.05) is 18.9 Å². The van der Waals surface area contributed by atoms with Gasteiger partial charge in [0.25, 0.3) is 5.91 Å². The van der Waals surface area contributed by atoms with Gasteiger partial charge < -0.3 is 15.8 Å². The molecule has 0 atom stereocenters. The molecule has 0 unspecified atom stereocenters. The van der Waals surface area contributed by atoms with Gasteiger partial charge in [-0.1, -0.05) is 35.9 Å². The topological polar surface area (TPSA) is 64.4 Å². The van der Waals surface area contributed by atoms with Crippen molar-refractivity contribution in [3.05, 3.63) is 59.1 Å². The molecule has 20 heavy (non-hydrogen) atoms. The lowest BCUT2D eigenvalue weighted by Gasteiger charge is -2.10. The number of benzene rings is 2. The van der Waals surface area contributed by atoms with E-state index in [4.69, 9.17) is 22.1 Å². The third-order valence-electron chi connectivity index (χ3n) is 2.67. The van der Waals surface area contributed by atoms with Gasteiger partial charge in [-0.25, -0.2) is 0 Å². The number of nitrogens with one attached hydrogen (secondary N) is 1. The second-order valence-corrected chi connectivity index (χ2v) is 4.53. The van der Waals surface area contributed by atoms with E-state index in [0.717, 1.165) is 5.75 Å². The number of hydrogen-bond donors (Lipinski definition) is 2. The van der Waals surface area contributed by atoms with Gasteiger partial charge in [-0.15, -0.1) is 0 Å². The fourth-order valence-corrected chi connectivity index (χ4v) is 1.99. The minimum Gasteiger partial charge on any atom is -0.492 e. The van der Waals surface area contributed by atoms with Crippen LogP contribution in [0.5, 0.6) is 5.75 Å². The number of halogens is 1. The third-order valence-corrected chi connectivity index (χ3v) is 2.99. The smallest absolute Gasteiger partial charge is 0.255 e. The number of rotatable bonds is 5. The predicted molar refractivity (Wildman–Crippen MR) is 80.1 cm³/mol. The first kappa shape index (κ1) is 14.2. The van der Waals surface area contributed by atoms with Crippen LogP contribution >= 0.6 is 11.6 Å². The third kappa shape index (κ3) is 3.65. The molecule has 0 spiro atoms. The highest BCUT2D eigenvalue weighted by atomic mass is 35.5. The average molecular weight is 291 g/mol. The highest BCUT2D eigenvalue weighted by Crippen LogP contribution is 2.21. The summed E-state index contributed by atoms with van der Waals surface area (Å²) in [6.07, 6.45) is 0. The Bertz CT molecular complexity index is 567. The second kappa shape index (κ2) is 6.82. The fourth-order valence-electron chi connectivity index (χ4n) is 1.72. The van der Waals surface area contributed by atoms with Crippen molar-refractivity contribution in [2.24, 2.45) is 0 Å². The van der Waals surface area contributed by atoms with E-state index in [1.165, 1.54) is 0 Å². The molecule has 2 rings (SSSR count). The first-order valence-corrected chi connectivity index (χ1v) is 6.56. The number of amides is 1. The monoisotopic (exact) mass is 290 g/mol. The van der Waals surface area contributed by atoms with Crippen LogP contribution in [0.3, 0.4) is 0 Å². The zero-order valence-electron chi connectivity index (χ0n) is 10.8. The van der Waals surface area contributed by atoms with Crippen molar-refractivity contribution in [3.63, 3.8) is 0 Å². The molecule has 0 aliphatic carbocycles. The maximum absolute atomic E-state index is 12.0. The Hall–Kier alpha value is -2.20. The van der Waals surface area contributed by atoms with Gasteiger partial charge in [0.1, 0.15) is 12.4 Å². The summed E-state index contributed by atoms with van der Waals surface area (Å²) in [4.78, 5) is 12.0. The second-order valence-electron chi connectivity index (χ2n) is 4.12. The summed E-state index contributed by atoms with van der Waals surface area (Å²) in [6.45, 7) is 0.749. The predicted octanol–water partition coefficient (Wildman–Crippen LogP) is 2.73. The molecule has 0 saturated heterocycles. The quantitative estimate of drug-likeness (QED) is 0.657. The van der Waals surface area contributed by atoms with Crippen molar-refractivity contribution in [2.45, 2.75) is 0 Å². The number of nitrogen functional groups attached to an aromatic ring is 1. The highest BCUT2D eigenvalue weighted by molar-refractivity contribution is 6.34. The van der Waals surface area contributed by atoms with Gasteiger partial charge in [-0.3, -0.25) is 4.79 Å². The Morgan fingerprint density at radius 1 is 1.15 bits per heavy atom. The number of para-hydroxylation sites is 1. The summed E-state index contributed by atoms with van der Waals surface area (Å²) in [5.74, 6) is 0.462. The molecule has 5 heteroatoms. The Labute approximate surface area is 122 Å². The molecular weight excluding hydrogens is 276 g/mol. The molecule has 0 aliphatic heterocycles. The molecular formula is C15H15ClN2O2. The van der Waals surface area contributed by atoms with E-state index in [1.54, 1.807) is 18.2 Å². The van der Waals surface area contributed by atoms with Gasteiger partial charge in [0.2, 0.25) is 0 Å². The van der Waals surface area contributed by atoms with Crippen LogP contribution in [0.1, 0.15) is 10.4 Å². The first-order chi connectivity index (χ1) is 9.68. The summed E-state index contributed by atoms with van der Waals surface area (Å²) in [5.41, 5.74) is 6.40. The van der Waals surface area contributed by atoms with E-state index >= 15 is 0 Å². The van der Waals surface area contributed by atoms with Crippen LogP contribution in [0.4, 0.5) is 5.69 Å². The van der Waals surface area contributed by atoms with Gasteiger partial charge in [0.05, 0.1) is 17.1 Å². The molecule has 0 radical (unpaired) electrons. The summed E-state index contributed by atoms with van der Waals surface area (Å²) >= 11 is 5.96. The van der Waals surface area contributed by atoms with E-state index in [-0.39, 0.29) is 5.91 Å².